The van der Waals surface area contributed by atoms with Crippen LogP contribution in [0.4, 0.5) is 5.69 Å². The quantitative estimate of drug-likeness (QED) is 0.215. The Morgan fingerprint density at radius 3 is 1.98 bits per heavy atom. The summed E-state index contributed by atoms with van der Waals surface area (Å²) >= 11 is 0. The standard InChI is InChI=1S/C12H15NO2.C12H14O.C11H13NO2/c1-8(2)5-9-3-4-10-11(6-9)15-7-12(14)13-10;1-9(2)7-10-3-4-12-11(8-10)5-6-13-12;1-7(2)5-8-3-4-10-9(6-8)12-11(13)14-10/h3-4,6,8H,5,7H2,1-2H3,(H,13,14);3-6,8-9H,7H2,1-2H3;3-4,6-7H,5H2,1-2H3,(H,12,13). The topological polar surface area (TPSA) is 97.5 Å². The summed E-state index contributed by atoms with van der Waals surface area (Å²) in [6.07, 6.45) is 4.93. The number of carbonyl (C=O) groups excluding carboxylic acids is 1. The Balaban J connectivity index is 0.000000145. The Kier molecular flexibility index (Phi) is 10.3. The van der Waals surface area contributed by atoms with Crippen molar-refractivity contribution in [2.45, 2.75) is 60.8 Å². The first-order chi connectivity index (χ1) is 20.0. The molecule has 222 valence electrons. The molecule has 42 heavy (non-hydrogen) atoms. The molecule has 0 fully saturated rings. The van der Waals surface area contributed by atoms with Crippen LogP contribution in [-0.2, 0) is 24.1 Å². The van der Waals surface area contributed by atoms with Gasteiger partial charge in [0.15, 0.2) is 12.2 Å². The van der Waals surface area contributed by atoms with E-state index in [1.165, 1.54) is 22.1 Å². The molecule has 5 aromatic rings. The van der Waals surface area contributed by atoms with Crippen LogP contribution in [-0.4, -0.2) is 17.5 Å². The lowest BCUT2D eigenvalue weighted by molar-refractivity contribution is -0.118. The van der Waals surface area contributed by atoms with Crippen molar-refractivity contribution in [2.24, 2.45) is 17.8 Å². The number of nitrogens with one attached hydrogen (secondary N) is 2. The molecule has 6 rings (SSSR count). The number of anilines is 1. The molecule has 7 heteroatoms. The highest BCUT2D eigenvalue weighted by atomic mass is 16.5. The van der Waals surface area contributed by atoms with Gasteiger partial charge in [-0.25, -0.2) is 4.79 Å². The lowest BCUT2D eigenvalue weighted by Gasteiger charge is -2.18. The maximum absolute atomic E-state index is 11.1. The fourth-order valence-corrected chi connectivity index (χ4v) is 4.93. The van der Waals surface area contributed by atoms with E-state index in [2.05, 4.69) is 64.0 Å². The van der Waals surface area contributed by atoms with E-state index >= 15 is 0 Å². The molecule has 0 unspecified atom stereocenters. The summed E-state index contributed by atoms with van der Waals surface area (Å²) in [5, 5.41) is 3.98. The summed E-state index contributed by atoms with van der Waals surface area (Å²) in [7, 11) is 0. The number of oxazole rings is 1. The van der Waals surface area contributed by atoms with Crippen LogP contribution in [0.2, 0.25) is 0 Å². The van der Waals surface area contributed by atoms with Crippen LogP contribution in [0.15, 0.2) is 80.6 Å². The van der Waals surface area contributed by atoms with E-state index in [1.807, 2.05) is 48.5 Å². The van der Waals surface area contributed by atoms with E-state index in [-0.39, 0.29) is 18.3 Å². The number of carbonyl (C=O) groups is 1. The van der Waals surface area contributed by atoms with Crippen LogP contribution in [0.5, 0.6) is 5.75 Å². The van der Waals surface area contributed by atoms with Gasteiger partial charge in [-0.2, -0.15) is 0 Å². The summed E-state index contributed by atoms with van der Waals surface area (Å²) in [5.74, 6) is 2.27. The molecule has 3 heterocycles. The minimum atomic E-state index is -0.387. The van der Waals surface area contributed by atoms with Crippen molar-refractivity contribution >= 4 is 33.7 Å². The van der Waals surface area contributed by atoms with Gasteiger partial charge in [0.05, 0.1) is 17.5 Å². The molecular formula is C35H42N2O5. The van der Waals surface area contributed by atoms with Crippen molar-refractivity contribution in [1.82, 2.24) is 4.98 Å². The van der Waals surface area contributed by atoms with Crippen molar-refractivity contribution in [3.05, 3.63) is 94.2 Å². The van der Waals surface area contributed by atoms with E-state index in [1.54, 1.807) is 6.26 Å². The molecule has 2 N–H and O–H groups in total. The smallest absolute Gasteiger partial charge is 0.417 e. The first kappa shape index (κ1) is 30.7. The number of benzene rings is 3. The van der Waals surface area contributed by atoms with Crippen molar-refractivity contribution in [1.29, 1.82) is 0 Å². The number of hydrogen-bond donors (Lipinski definition) is 2. The SMILES string of the molecule is CC(C)Cc1ccc2c(c1)OCC(=O)N2.CC(C)Cc1ccc2oc(=O)[nH]c2c1.CC(C)Cc1ccc2occc2c1. The van der Waals surface area contributed by atoms with Crippen molar-refractivity contribution in [3.63, 3.8) is 0 Å². The van der Waals surface area contributed by atoms with E-state index in [0.29, 0.717) is 23.3 Å². The van der Waals surface area contributed by atoms with Gasteiger partial charge in [0, 0.05) is 5.39 Å². The largest absolute Gasteiger partial charge is 0.482 e. The highest BCUT2D eigenvalue weighted by Gasteiger charge is 2.16. The van der Waals surface area contributed by atoms with Gasteiger partial charge < -0.3 is 18.9 Å². The minimum absolute atomic E-state index is 0.0842. The third-order valence-electron chi connectivity index (χ3n) is 6.61. The lowest BCUT2D eigenvalue weighted by Crippen LogP contribution is -2.25. The van der Waals surface area contributed by atoms with E-state index in [0.717, 1.165) is 41.8 Å². The van der Waals surface area contributed by atoms with E-state index in [4.69, 9.17) is 13.6 Å². The first-order valence-corrected chi connectivity index (χ1v) is 14.7. The molecule has 1 amide bonds. The van der Waals surface area contributed by atoms with Crippen molar-refractivity contribution in [2.75, 3.05) is 11.9 Å². The molecule has 2 aromatic heterocycles. The average molecular weight is 571 g/mol. The summed E-state index contributed by atoms with van der Waals surface area (Å²) in [6.45, 7) is 13.3. The molecule has 1 aliphatic heterocycles. The number of fused-ring (bicyclic) bond motifs is 3. The highest BCUT2D eigenvalue weighted by Crippen LogP contribution is 2.29. The second kappa shape index (κ2) is 14.1. The van der Waals surface area contributed by atoms with Crippen LogP contribution >= 0.6 is 0 Å². The van der Waals surface area contributed by atoms with Gasteiger partial charge in [0.1, 0.15) is 11.3 Å². The molecule has 7 nitrogen and oxygen atoms in total. The third kappa shape index (κ3) is 8.87. The number of rotatable bonds is 6. The Labute approximate surface area is 247 Å². The number of ether oxygens (including phenoxy) is 1. The van der Waals surface area contributed by atoms with Gasteiger partial charge in [-0.15, -0.1) is 0 Å². The van der Waals surface area contributed by atoms with Gasteiger partial charge in [-0.1, -0.05) is 59.7 Å². The van der Waals surface area contributed by atoms with Gasteiger partial charge in [-0.05, 0) is 96.2 Å². The van der Waals surface area contributed by atoms with Gasteiger partial charge in [-0.3, -0.25) is 9.78 Å². The number of aromatic amines is 1. The molecule has 0 spiro atoms. The van der Waals surface area contributed by atoms with Gasteiger partial charge >= 0.3 is 5.76 Å². The summed E-state index contributed by atoms with van der Waals surface area (Å²) < 4.78 is 15.5. The van der Waals surface area contributed by atoms with Gasteiger partial charge in [0.2, 0.25) is 0 Å². The minimum Gasteiger partial charge on any atom is -0.482 e. The predicted octanol–water partition coefficient (Wildman–Crippen LogP) is 8.17. The maximum atomic E-state index is 11.1. The Bertz CT molecular complexity index is 1670. The zero-order valence-corrected chi connectivity index (χ0v) is 25.5. The average Bonchev–Trinajstić information content (AvgIpc) is 3.53. The normalized spacial score (nSPS) is 12.5. The lowest BCUT2D eigenvalue weighted by atomic mass is 10.0. The number of aromatic nitrogens is 1. The molecule has 0 aliphatic carbocycles. The molecule has 0 saturated carbocycles. The van der Waals surface area contributed by atoms with Gasteiger partial charge in [0.25, 0.3) is 5.91 Å². The van der Waals surface area contributed by atoms with Crippen molar-refractivity contribution in [3.8, 4) is 5.75 Å². The van der Waals surface area contributed by atoms with Crippen LogP contribution in [0, 0.1) is 17.8 Å². The highest BCUT2D eigenvalue weighted by molar-refractivity contribution is 5.95. The Morgan fingerprint density at radius 2 is 1.31 bits per heavy atom. The monoisotopic (exact) mass is 570 g/mol. The second-order valence-electron chi connectivity index (χ2n) is 12.1. The number of furan rings is 1. The second-order valence-corrected chi connectivity index (χ2v) is 12.1. The number of amides is 1. The van der Waals surface area contributed by atoms with Crippen LogP contribution in [0.1, 0.15) is 58.2 Å². The molecule has 0 bridgehead atoms. The van der Waals surface area contributed by atoms with Crippen LogP contribution < -0.4 is 15.8 Å². The molecule has 1 aliphatic rings. The summed E-state index contributed by atoms with van der Waals surface area (Å²) in [5.41, 5.74) is 7.04. The summed E-state index contributed by atoms with van der Waals surface area (Å²) in [4.78, 5) is 24.6. The number of H-pyrrole nitrogens is 1. The van der Waals surface area contributed by atoms with Crippen molar-refractivity contribution < 1.29 is 18.4 Å². The zero-order valence-electron chi connectivity index (χ0n) is 25.5. The maximum Gasteiger partial charge on any atom is 0.417 e. The van der Waals surface area contributed by atoms with Crippen LogP contribution in [0.3, 0.4) is 0 Å². The molecule has 0 atom stereocenters. The zero-order chi connectivity index (χ0) is 30.2. The van der Waals surface area contributed by atoms with E-state index < -0.39 is 0 Å². The number of hydrogen-bond acceptors (Lipinski definition) is 5. The van der Waals surface area contributed by atoms with E-state index in [9.17, 15) is 9.59 Å². The van der Waals surface area contributed by atoms with Crippen LogP contribution in [0.25, 0.3) is 22.1 Å². The summed E-state index contributed by atoms with van der Waals surface area (Å²) in [6, 6.07) is 20.2. The predicted molar refractivity (Wildman–Crippen MR) is 169 cm³/mol. The first-order valence-electron chi connectivity index (χ1n) is 14.7. The fraction of sp³-hybridized carbons (Fsp3) is 0.371. The molecule has 0 radical (unpaired) electrons. The fourth-order valence-electron chi connectivity index (χ4n) is 4.93. The molecule has 0 saturated heterocycles. The molecule has 3 aromatic carbocycles. The molecular weight excluding hydrogens is 528 g/mol. The third-order valence-corrected chi connectivity index (χ3v) is 6.61. The Hall–Kier alpha value is -4.26. The Morgan fingerprint density at radius 1 is 0.714 bits per heavy atom.